The molecule has 30 heavy (non-hydrogen) atoms. The lowest BCUT2D eigenvalue weighted by Crippen LogP contribution is -2.36. The number of aliphatic imine (C=N–C) groups is 1. The number of rotatable bonds is 9. The second-order valence-corrected chi connectivity index (χ2v) is 8.75. The van der Waals surface area contributed by atoms with Crippen LogP contribution in [0.2, 0.25) is 0 Å². The van der Waals surface area contributed by atoms with E-state index in [9.17, 15) is 8.42 Å². The maximum absolute atomic E-state index is 11.7. The highest BCUT2D eigenvalue weighted by Gasteiger charge is 2.11. The Morgan fingerprint density at radius 2 is 1.63 bits per heavy atom. The van der Waals surface area contributed by atoms with Crippen LogP contribution in [0.1, 0.15) is 16.7 Å². The van der Waals surface area contributed by atoms with Gasteiger partial charge in [0.1, 0.15) is 0 Å². The molecule has 0 atom stereocenters. The molecule has 0 fully saturated rings. The van der Waals surface area contributed by atoms with Crippen molar-refractivity contribution in [2.45, 2.75) is 24.9 Å². The number of aryl methyl sites for hydroxylation is 1. The first-order valence-electron chi connectivity index (χ1n) is 9.39. The van der Waals surface area contributed by atoms with Crippen molar-refractivity contribution in [3.63, 3.8) is 0 Å². The molecule has 0 spiro atoms. The van der Waals surface area contributed by atoms with E-state index in [1.807, 2.05) is 24.3 Å². The van der Waals surface area contributed by atoms with Gasteiger partial charge in [-0.3, -0.25) is 4.99 Å². The zero-order chi connectivity index (χ0) is 21.3. The molecule has 3 N–H and O–H groups in total. The fourth-order valence-electron chi connectivity index (χ4n) is 2.87. The third-order valence-electron chi connectivity index (χ3n) is 4.37. The molecular formula is C21H31IN4O3S. The fraction of sp³-hybridized carbons (Fsp3) is 0.381. The fourth-order valence-corrected chi connectivity index (χ4v) is 3.83. The van der Waals surface area contributed by atoms with Crippen LogP contribution in [0.15, 0.2) is 52.4 Å². The van der Waals surface area contributed by atoms with Gasteiger partial charge in [-0.1, -0.05) is 24.3 Å². The number of methoxy groups -OCH3 is 1. The van der Waals surface area contributed by atoms with E-state index in [0.29, 0.717) is 30.6 Å². The van der Waals surface area contributed by atoms with Gasteiger partial charge in [0.15, 0.2) is 15.8 Å². The van der Waals surface area contributed by atoms with Crippen LogP contribution in [-0.4, -0.2) is 47.9 Å². The maximum atomic E-state index is 11.7. The molecule has 0 heterocycles. The van der Waals surface area contributed by atoms with Gasteiger partial charge in [-0.25, -0.2) is 8.42 Å². The molecule has 0 unspecified atom stereocenters. The maximum Gasteiger partial charge on any atom is 0.191 e. The predicted molar refractivity (Wildman–Crippen MR) is 134 cm³/mol. The Kier molecular flexibility index (Phi) is 11.1. The Morgan fingerprint density at radius 3 is 2.17 bits per heavy atom. The number of ether oxygens (including phenoxy) is 1. The highest BCUT2D eigenvalue weighted by molar-refractivity contribution is 14.0. The van der Waals surface area contributed by atoms with Crippen molar-refractivity contribution in [1.82, 2.24) is 10.6 Å². The lowest BCUT2D eigenvalue weighted by molar-refractivity contribution is 0.211. The van der Waals surface area contributed by atoms with Gasteiger partial charge >= 0.3 is 0 Å². The molecular weight excluding hydrogens is 515 g/mol. The molecule has 0 saturated heterocycles. The summed E-state index contributed by atoms with van der Waals surface area (Å²) < 4.78 is 28.5. The van der Waals surface area contributed by atoms with Crippen LogP contribution in [0, 0.1) is 6.92 Å². The van der Waals surface area contributed by atoms with Crippen molar-refractivity contribution in [1.29, 1.82) is 0 Å². The number of nitrogens with one attached hydrogen (secondary N) is 3. The molecule has 0 amide bonds. The molecule has 0 aliphatic heterocycles. The van der Waals surface area contributed by atoms with Gasteiger partial charge in [0.05, 0.1) is 11.5 Å². The van der Waals surface area contributed by atoms with Crippen molar-refractivity contribution in [2.24, 2.45) is 4.99 Å². The molecule has 2 aromatic carbocycles. The third kappa shape index (κ3) is 8.49. The van der Waals surface area contributed by atoms with E-state index >= 15 is 0 Å². The topological polar surface area (TPSA) is 91.8 Å². The number of benzene rings is 2. The molecule has 0 bridgehead atoms. The van der Waals surface area contributed by atoms with E-state index in [0.717, 1.165) is 28.9 Å². The molecule has 0 aromatic heterocycles. The molecule has 2 rings (SSSR count). The average Bonchev–Trinajstić information content (AvgIpc) is 2.68. The molecule has 166 valence electrons. The van der Waals surface area contributed by atoms with Gasteiger partial charge in [0.25, 0.3) is 0 Å². The number of hydrogen-bond acceptors (Lipinski definition) is 5. The SMILES string of the molecule is CN=C(NCc1ccc(NCCOC)cc1)NCc1ccc(S(C)(=O)=O)c(C)c1.I. The van der Waals surface area contributed by atoms with E-state index < -0.39 is 9.84 Å². The van der Waals surface area contributed by atoms with Crippen molar-refractivity contribution in [2.75, 3.05) is 38.9 Å². The number of sulfone groups is 1. The second kappa shape index (κ2) is 12.8. The Labute approximate surface area is 196 Å². The summed E-state index contributed by atoms with van der Waals surface area (Å²) in [7, 11) is 0.200. The molecule has 0 aliphatic rings. The van der Waals surface area contributed by atoms with Crippen LogP contribution >= 0.6 is 24.0 Å². The molecule has 9 heteroatoms. The van der Waals surface area contributed by atoms with Crippen LogP contribution in [0.3, 0.4) is 0 Å². The van der Waals surface area contributed by atoms with Gasteiger partial charge < -0.3 is 20.7 Å². The number of nitrogens with zero attached hydrogens (tertiary/aromatic N) is 1. The molecule has 7 nitrogen and oxygen atoms in total. The normalized spacial score (nSPS) is 11.5. The quantitative estimate of drug-likeness (QED) is 0.194. The van der Waals surface area contributed by atoms with E-state index in [1.54, 1.807) is 27.1 Å². The summed E-state index contributed by atoms with van der Waals surface area (Å²) in [5, 5.41) is 9.82. The van der Waals surface area contributed by atoms with Crippen molar-refractivity contribution in [3.8, 4) is 0 Å². The Hall–Kier alpha value is -1.85. The zero-order valence-corrected chi connectivity index (χ0v) is 21.0. The van der Waals surface area contributed by atoms with Crippen molar-refractivity contribution >= 4 is 45.5 Å². The monoisotopic (exact) mass is 546 g/mol. The zero-order valence-electron chi connectivity index (χ0n) is 17.9. The van der Waals surface area contributed by atoms with Gasteiger partial charge in [-0.05, 0) is 41.8 Å². The predicted octanol–water partition coefficient (Wildman–Crippen LogP) is 2.94. The molecule has 0 radical (unpaired) electrons. The minimum Gasteiger partial charge on any atom is -0.383 e. The van der Waals surface area contributed by atoms with Gasteiger partial charge in [-0.15, -0.1) is 24.0 Å². The van der Waals surface area contributed by atoms with E-state index in [-0.39, 0.29) is 24.0 Å². The Bertz CT molecular complexity index is 932. The van der Waals surface area contributed by atoms with Crippen LogP contribution in [0.4, 0.5) is 5.69 Å². The first-order chi connectivity index (χ1) is 13.8. The van der Waals surface area contributed by atoms with Crippen LogP contribution in [0.5, 0.6) is 0 Å². The van der Waals surface area contributed by atoms with Gasteiger partial charge in [0, 0.05) is 45.7 Å². The summed E-state index contributed by atoms with van der Waals surface area (Å²) in [6.07, 6.45) is 1.22. The van der Waals surface area contributed by atoms with Crippen LogP contribution < -0.4 is 16.0 Å². The van der Waals surface area contributed by atoms with Crippen molar-refractivity contribution < 1.29 is 13.2 Å². The van der Waals surface area contributed by atoms with Gasteiger partial charge in [0.2, 0.25) is 0 Å². The lowest BCUT2D eigenvalue weighted by atomic mass is 10.1. The third-order valence-corrected chi connectivity index (χ3v) is 5.63. The number of halogens is 1. The summed E-state index contributed by atoms with van der Waals surface area (Å²) in [5.41, 5.74) is 3.93. The van der Waals surface area contributed by atoms with Crippen LogP contribution in [-0.2, 0) is 27.7 Å². The summed E-state index contributed by atoms with van der Waals surface area (Å²) in [4.78, 5) is 4.60. The number of anilines is 1. The summed E-state index contributed by atoms with van der Waals surface area (Å²) in [6, 6.07) is 13.5. The summed E-state index contributed by atoms with van der Waals surface area (Å²) in [6.45, 7) is 4.44. The minimum atomic E-state index is -3.20. The minimum absolute atomic E-state index is 0. The van der Waals surface area contributed by atoms with E-state index in [4.69, 9.17) is 4.74 Å². The first kappa shape index (κ1) is 26.2. The first-order valence-corrected chi connectivity index (χ1v) is 11.3. The highest BCUT2D eigenvalue weighted by Crippen LogP contribution is 2.16. The highest BCUT2D eigenvalue weighted by atomic mass is 127. The van der Waals surface area contributed by atoms with Crippen LogP contribution in [0.25, 0.3) is 0 Å². The second-order valence-electron chi connectivity index (χ2n) is 6.77. The van der Waals surface area contributed by atoms with Crippen molar-refractivity contribution in [3.05, 3.63) is 59.2 Å². The molecule has 0 aliphatic carbocycles. The molecule has 0 saturated carbocycles. The van der Waals surface area contributed by atoms with E-state index in [1.165, 1.54) is 6.26 Å². The molecule has 2 aromatic rings. The Morgan fingerprint density at radius 1 is 1.03 bits per heavy atom. The van der Waals surface area contributed by atoms with E-state index in [2.05, 4.69) is 33.1 Å². The smallest absolute Gasteiger partial charge is 0.191 e. The number of hydrogen-bond donors (Lipinski definition) is 3. The van der Waals surface area contributed by atoms with Gasteiger partial charge in [-0.2, -0.15) is 0 Å². The summed E-state index contributed by atoms with van der Waals surface area (Å²) in [5.74, 6) is 0.678. The number of guanidine groups is 1. The Balaban J connectivity index is 0.00000450. The largest absolute Gasteiger partial charge is 0.383 e. The average molecular weight is 546 g/mol. The summed E-state index contributed by atoms with van der Waals surface area (Å²) >= 11 is 0. The lowest BCUT2D eigenvalue weighted by Gasteiger charge is -2.13. The standard InChI is InChI=1S/C21H30N4O3S.HI/c1-16-13-18(7-10-20(16)29(4,26)27)15-25-21(22-2)24-14-17-5-8-19(9-6-17)23-11-12-28-3;/h5-10,13,23H,11-12,14-15H2,1-4H3,(H2,22,24,25);1H.